The summed E-state index contributed by atoms with van der Waals surface area (Å²) in [5, 5.41) is 10.1. The van der Waals surface area contributed by atoms with E-state index in [0.717, 1.165) is 43.6 Å². The van der Waals surface area contributed by atoms with Gasteiger partial charge in [0.25, 0.3) is 0 Å². The van der Waals surface area contributed by atoms with Gasteiger partial charge in [-0.05, 0) is 82.6 Å². The maximum absolute atomic E-state index is 11.6. The second kappa shape index (κ2) is 14.2. The second-order valence-corrected chi connectivity index (χ2v) is 9.70. The zero-order valence-electron chi connectivity index (χ0n) is 22.9. The van der Waals surface area contributed by atoms with Crippen molar-refractivity contribution < 1.29 is 19.1 Å². The third-order valence-electron chi connectivity index (χ3n) is 6.97. The summed E-state index contributed by atoms with van der Waals surface area (Å²) in [6.45, 7) is 1.12. The molecule has 4 rings (SSSR count). The molecular weight excluding hydrogens is 488 g/mol. The molecule has 6 nitrogen and oxygen atoms in total. The van der Waals surface area contributed by atoms with Crippen molar-refractivity contribution in [3.05, 3.63) is 83.9 Å². The standard InChI is InChI=1S/C33H38N2O4/c1-34-32(36)14-5-12-24-8-3-10-26-16-18-28(22-30(24)26)38-20-7-21-39-29-19-17-27-11-4-9-25(31(27)23-29)13-6-15-33(37)35-2/h3-4,8-11,16-19,22-23H,5-7,12-15,20-21H2,1-2H3,(H,34,36)(H,35,37). The molecule has 4 aromatic rings. The lowest BCUT2D eigenvalue weighted by Crippen LogP contribution is -2.17. The molecule has 2 N–H and O–H groups in total. The monoisotopic (exact) mass is 526 g/mol. The quantitative estimate of drug-likeness (QED) is 0.198. The summed E-state index contributed by atoms with van der Waals surface area (Å²) in [6.07, 6.45) is 5.14. The van der Waals surface area contributed by atoms with Crippen LogP contribution in [0.25, 0.3) is 21.5 Å². The lowest BCUT2D eigenvalue weighted by atomic mass is 10.00. The van der Waals surface area contributed by atoms with E-state index >= 15 is 0 Å². The Hall–Kier alpha value is -4.06. The van der Waals surface area contributed by atoms with Crippen LogP contribution in [0.2, 0.25) is 0 Å². The molecule has 0 saturated carbocycles. The van der Waals surface area contributed by atoms with Crippen molar-refractivity contribution in [2.24, 2.45) is 0 Å². The first-order chi connectivity index (χ1) is 19.1. The van der Waals surface area contributed by atoms with Crippen LogP contribution in [0.4, 0.5) is 0 Å². The first-order valence-electron chi connectivity index (χ1n) is 13.8. The van der Waals surface area contributed by atoms with Crippen molar-refractivity contribution in [1.82, 2.24) is 10.6 Å². The van der Waals surface area contributed by atoms with Gasteiger partial charge in [-0.1, -0.05) is 48.5 Å². The number of fused-ring (bicyclic) bond motifs is 2. The van der Waals surface area contributed by atoms with Gasteiger partial charge in [-0.3, -0.25) is 9.59 Å². The molecular formula is C33H38N2O4. The maximum Gasteiger partial charge on any atom is 0.219 e. The van der Waals surface area contributed by atoms with Gasteiger partial charge in [0, 0.05) is 33.4 Å². The Morgan fingerprint density at radius 1 is 0.615 bits per heavy atom. The SMILES string of the molecule is CNC(=O)CCCc1cccc2ccc(OCCCOc3ccc4cccc(CCCC(=O)NC)c4c3)cc12. The molecule has 0 atom stereocenters. The molecule has 0 aromatic heterocycles. The average molecular weight is 527 g/mol. The van der Waals surface area contributed by atoms with Crippen LogP contribution in [0, 0.1) is 0 Å². The highest BCUT2D eigenvalue weighted by molar-refractivity contribution is 5.88. The van der Waals surface area contributed by atoms with Crippen LogP contribution in [0.15, 0.2) is 72.8 Å². The number of hydrogen-bond donors (Lipinski definition) is 2. The van der Waals surface area contributed by atoms with E-state index in [0.29, 0.717) is 26.1 Å². The summed E-state index contributed by atoms with van der Waals surface area (Å²) in [7, 11) is 3.35. The van der Waals surface area contributed by atoms with Crippen LogP contribution in [0.1, 0.15) is 43.2 Å². The van der Waals surface area contributed by atoms with Gasteiger partial charge in [-0.2, -0.15) is 0 Å². The number of hydrogen-bond acceptors (Lipinski definition) is 4. The van der Waals surface area contributed by atoms with E-state index in [1.54, 1.807) is 14.1 Å². The summed E-state index contributed by atoms with van der Waals surface area (Å²) in [6, 6.07) is 25.0. The molecule has 0 heterocycles. The molecule has 0 saturated heterocycles. The molecule has 204 valence electrons. The molecule has 6 heteroatoms. The lowest BCUT2D eigenvalue weighted by molar-refractivity contribution is -0.121. The number of ether oxygens (including phenoxy) is 2. The summed E-state index contributed by atoms with van der Waals surface area (Å²) in [5.41, 5.74) is 2.46. The Labute approximate surface area is 230 Å². The van der Waals surface area contributed by atoms with Gasteiger partial charge < -0.3 is 20.1 Å². The molecule has 0 aliphatic heterocycles. The van der Waals surface area contributed by atoms with Gasteiger partial charge in [0.15, 0.2) is 0 Å². The molecule has 0 fully saturated rings. The van der Waals surface area contributed by atoms with E-state index in [-0.39, 0.29) is 11.8 Å². The molecule has 0 unspecified atom stereocenters. The number of carbonyl (C=O) groups is 2. The van der Waals surface area contributed by atoms with Gasteiger partial charge in [0.05, 0.1) is 13.2 Å². The highest BCUT2D eigenvalue weighted by Crippen LogP contribution is 2.27. The fraction of sp³-hybridized carbons (Fsp3) is 0.333. The Morgan fingerprint density at radius 2 is 1.08 bits per heavy atom. The molecule has 0 aliphatic rings. The first kappa shape index (κ1) is 28.0. The Morgan fingerprint density at radius 3 is 1.51 bits per heavy atom. The van der Waals surface area contributed by atoms with Crippen molar-refractivity contribution in [2.45, 2.75) is 44.9 Å². The Balaban J connectivity index is 1.29. The molecule has 4 aromatic carbocycles. The van der Waals surface area contributed by atoms with Gasteiger partial charge in [0.2, 0.25) is 11.8 Å². The summed E-state index contributed by atoms with van der Waals surface area (Å²) in [5.74, 6) is 1.83. The lowest BCUT2D eigenvalue weighted by Gasteiger charge is -2.12. The molecule has 0 aliphatic carbocycles. The highest BCUT2D eigenvalue weighted by atomic mass is 16.5. The topological polar surface area (TPSA) is 76.7 Å². The Bertz CT molecular complexity index is 1310. The van der Waals surface area contributed by atoms with E-state index in [1.165, 1.54) is 32.7 Å². The molecule has 0 radical (unpaired) electrons. The minimum Gasteiger partial charge on any atom is -0.493 e. The fourth-order valence-corrected chi connectivity index (χ4v) is 4.82. The first-order valence-corrected chi connectivity index (χ1v) is 13.8. The predicted molar refractivity (Wildman–Crippen MR) is 158 cm³/mol. The Kier molecular flexibility index (Phi) is 10.2. The van der Waals surface area contributed by atoms with Crippen LogP contribution in [0.3, 0.4) is 0 Å². The average Bonchev–Trinajstić information content (AvgIpc) is 2.97. The van der Waals surface area contributed by atoms with Crippen molar-refractivity contribution in [3.63, 3.8) is 0 Å². The van der Waals surface area contributed by atoms with Gasteiger partial charge in [0.1, 0.15) is 11.5 Å². The fourth-order valence-electron chi connectivity index (χ4n) is 4.82. The second-order valence-electron chi connectivity index (χ2n) is 9.70. The van der Waals surface area contributed by atoms with E-state index < -0.39 is 0 Å². The summed E-state index contributed by atoms with van der Waals surface area (Å²) in [4.78, 5) is 23.1. The minimum absolute atomic E-state index is 0.0727. The van der Waals surface area contributed by atoms with Crippen molar-refractivity contribution >= 4 is 33.4 Å². The van der Waals surface area contributed by atoms with Gasteiger partial charge in [-0.25, -0.2) is 0 Å². The van der Waals surface area contributed by atoms with Crippen molar-refractivity contribution in [3.8, 4) is 11.5 Å². The van der Waals surface area contributed by atoms with Crippen LogP contribution in [-0.2, 0) is 22.4 Å². The summed E-state index contributed by atoms with van der Waals surface area (Å²) >= 11 is 0. The van der Waals surface area contributed by atoms with E-state index in [1.807, 2.05) is 12.1 Å². The van der Waals surface area contributed by atoms with Crippen LogP contribution >= 0.6 is 0 Å². The molecule has 39 heavy (non-hydrogen) atoms. The zero-order chi connectivity index (χ0) is 27.5. The number of carbonyl (C=O) groups excluding carboxylic acids is 2. The zero-order valence-corrected chi connectivity index (χ0v) is 22.9. The predicted octanol–water partition coefficient (Wildman–Crippen LogP) is 5.98. The van der Waals surface area contributed by atoms with Crippen LogP contribution in [-0.4, -0.2) is 39.1 Å². The summed E-state index contributed by atoms with van der Waals surface area (Å²) < 4.78 is 12.1. The molecule has 0 bridgehead atoms. The largest absolute Gasteiger partial charge is 0.493 e. The van der Waals surface area contributed by atoms with Gasteiger partial charge in [-0.15, -0.1) is 0 Å². The van der Waals surface area contributed by atoms with E-state index in [9.17, 15) is 9.59 Å². The number of rotatable bonds is 14. The number of nitrogens with one attached hydrogen (secondary N) is 2. The van der Waals surface area contributed by atoms with Crippen LogP contribution < -0.4 is 20.1 Å². The molecule has 2 amide bonds. The van der Waals surface area contributed by atoms with E-state index in [4.69, 9.17) is 9.47 Å². The minimum atomic E-state index is 0.0727. The van der Waals surface area contributed by atoms with Crippen molar-refractivity contribution in [1.29, 1.82) is 0 Å². The van der Waals surface area contributed by atoms with Crippen molar-refractivity contribution in [2.75, 3.05) is 27.3 Å². The maximum atomic E-state index is 11.6. The number of amides is 2. The molecule has 0 spiro atoms. The number of benzene rings is 4. The third kappa shape index (κ3) is 7.96. The highest BCUT2D eigenvalue weighted by Gasteiger charge is 2.07. The van der Waals surface area contributed by atoms with E-state index in [2.05, 4.69) is 71.3 Å². The normalized spacial score (nSPS) is 10.9. The smallest absolute Gasteiger partial charge is 0.219 e. The van der Waals surface area contributed by atoms with Gasteiger partial charge >= 0.3 is 0 Å². The third-order valence-corrected chi connectivity index (χ3v) is 6.97. The number of aryl methyl sites for hydroxylation is 2. The van der Waals surface area contributed by atoms with Crippen LogP contribution in [0.5, 0.6) is 11.5 Å².